The molecule has 1 amide bonds. The lowest BCUT2D eigenvalue weighted by Gasteiger charge is -2.13. The van der Waals surface area contributed by atoms with Gasteiger partial charge in [-0.15, -0.1) is 0 Å². The predicted molar refractivity (Wildman–Crippen MR) is 140 cm³/mol. The van der Waals surface area contributed by atoms with E-state index >= 15 is 0 Å². The maximum atomic E-state index is 13.2. The van der Waals surface area contributed by atoms with E-state index in [9.17, 15) is 32.9 Å². The van der Waals surface area contributed by atoms with Crippen LogP contribution < -0.4 is 10.6 Å². The number of hydrogen-bond acceptors (Lipinski definition) is 6. The molecule has 0 aliphatic carbocycles. The number of aromatic nitrogens is 1. The summed E-state index contributed by atoms with van der Waals surface area (Å²) in [5.41, 5.74) is 2.27. The summed E-state index contributed by atoms with van der Waals surface area (Å²) in [5.74, 6) is -0.723. The van der Waals surface area contributed by atoms with Crippen LogP contribution in [0.25, 0.3) is 11.1 Å². The smallest absolute Gasteiger partial charge is 0.322 e. The van der Waals surface area contributed by atoms with Gasteiger partial charge in [-0.2, -0.15) is 13.2 Å². The highest BCUT2D eigenvalue weighted by Gasteiger charge is 2.31. The van der Waals surface area contributed by atoms with Gasteiger partial charge in [-0.1, -0.05) is 36.4 Å². The lowest BCUT2D eigenvalue weighted by molar-refractivity contribution is -0.385. The van der Waals surface area contributed by atoms with Crippen molar-refractivity contribution in [1.82, 2.24) is 10.3 Å². The molecule has 1 unspecified atom stereocenters. The number of amides is 1. The fourth-order valence-corrected chi connectivity index (χ4v) is 4.70. The minimum Gasteiger partial charge on any atom is -0.322 e. The molecule has 1 atom stereocenters. The molecule has 40 heavy (non-hydrogen) atoms. The highest BCUT2D eigenvalue weighted by molar-refractivity contribution is 6.08. The van der Waals surface area contributed by atoms with Gasteiger partial charge in [0.1, 0.15) is 5.69 Å². The van der Waals surface area contributed by atoms with Crippen molar-refractivity contribution in [2.24, 2.45) is 0 Å². The van der Waals surface area contributed by atoms with Gasteiger partial charge in [-0.05, 0) is 58.7 Å². The molecule has 0 bridgehead atoms. The second kappa shape index (κ2) is 10.7. The summed E-state index contributed by atoms with van der Waals surface area (Å²) in [6.45, 7) is 0.349. The fraction of sp³-hybridized carbons (Fsp3) is 0.138. The minimum absolute atomic E-state index is 0.0864. The first-order valence-electron chi connectivity index (χ1n) is 12.2. The van der Waals surface area contributed by atoms with E-state index in [0.29, 0.717) is 28.9 Å². The Morgan fingerprint density at radius 3 is 2.50 bits per heavy atom. The summed E-state index contributed by atoms with van der Waals surface area (Å²) in [7, 11) is 0. The van der Waals surface area contributed by atoms with Crippen LogP contribution >= 0.6 is 0 Å². The van der Waals surface area contributed by atoms with E-state index in [1.165, 1.54) is 30.5 Å². The summed E-state index contributed by atoms with van der Waals surface area (Å²) in [6.07, 6.45) is -3.28. The average Bonchev–Trinajstić information content (AvgIpc) is 3.36. The van der Waals surface area contributed by atoms with Crippen LogP contribution in [0.4, 0.5) is 24.5 Å². The van der Waals surface area contributed by atoms with Gasteiger partial charge >= 0.3 is 6.18 Å². The third-order valence-electron chi connectivity index (χ3n) is 6.63. The van der Waals surface area contributed by atoms with E-state index in [-0.39, 0.29) is 29.1 Å². The monoisotopic (exact) mass is 546 g/mol. The second-order valence-corrected chi connectivity index (χ2v) is 9.17. The highest BCUT2D eigenvalue weighted by Crippen LogP contribution is 2.33. The Hall–Kier alpha value is -4.90. The molecule has 1 aliphatic heterocycles. The summed E-state index contributed by atoms with van der Waals surface area (Å²) in [5, 5.41) is 17.2. The number of anilines is 1. The molecule has 0 saturated heterocycles. The number of rotatable bonds is 7. The Morgan fingerprint density at radius 2 is 1.77 bits per heavy atom. The van der Waals surface area contributed by atoms with E-state index in [1.807, 2.05) is 0 Å². The van der Waals surface area contributed by atoms with Gasteiger partial charge in [0, 0.05) is 30.1 Å². The first kappa shape index (κ1) is 26.7. The Kier molecular flexibility index (Phi) is 7.14. The number of nitro groups is 1. The largest absolute Gasteiger partial charge is 0.416 e. The Bertz CT molecular complexity index is 1620. The first-order chi connectivity index (χ1) is 19.1. The van der Waals surface area contributed by atoms with Crippen LogP contribution in [-0.4, -0.2) is 21.6 Å². The van der Waals surface area contributed by atoms with Gasteiger partial charge in [0.15, 0.2) is 5.78 Å². The number of pyridine rings is 1. The number of benzene rings is 3. The number of halogens is 3. The zero-order valence-corrected chi connectivity index (χ0v) is 20.7. The van der Waals surface area contributed by atoms with Crippen LogP contribution in [0.2, 0.25) is 0 Å². The quantitative estimate of drug-likeness (QED) is 0.221. The molecule has 0 spiro atoms. The average molecular weight is 547 g/mol. The van der Waals surface area contributed by atoms with E-state index in [1.54, 1.807) is 42.5 Å². The van der Waals surface area contributed by atoms with Gasteiger partial charge < -0.3 is 5.32 Å². The summed E-state index contributed by atoms with van der Waals surface area (Å²) < 4.78 is 38.9. The molecule has 0 saturated carbocycles. The van der Waals surface area contributed by atoms with E-state index < -0.39 is 28.6 Å². The zero-order chi connectivity index (χ0) is 28.4. The normalized spacial score (nSPS) is 14.4. The highest BCUT2D eigenvalue weighted by atomic mass is 19.4. The summed E-state index contributed by atoms with van der Waals surface area (Å²) >= 11 is 0. The molecule has 0 radical (unpaired) electrons. The van der Waals surface area contributed by atoms with E-state index in [0.717, 1.165) is 17.7 Å². The van der Waals surface area contributed by atoms with Crippen molar-refractivity contribution >= 4 is 23.1 Å². The molecule has 5 rings (SSSR count). The number of Topliss-reactive ketones (excluding diaryl/α,β-unsaturated/α-hetero) is 1. The van der Waals surface area contributed by atoms with Gasteiger partial charge in [-0.25, -0.2) is 0 Å². The zero-order valence-electron chi connectivity index (χ0n) is 20.7. The summed E-state index contributed by atoms with van der Waals surface area (Å²) in [4.78, 5) is 40.9. The maximum absolute atomic E-state index is 13.2. The van der Waals surface area contributed by atoms with Crippen molar-refractivity contribution in [2.75, 3.05) is 5.32 Å². The second-order valence-electron chi connectivity index (χ2n) is 9.17. The number of carbonyl (C=O) groups is 2. The molecule has 3 aromatic carbocycles. The lowest BCUT2D eigenvalue weighted by Crippen LogP contribution is -2.24. The Morgan fingerprint density at radius 1 is 1.02 bits per heavy atom. The van der Waals surface area contributed by atoms with Crippen LogP contribution in [0.5, 0.6) is 0 Å². The van der Waals surface area contributed by atoms with Gasteiger partial charge in [0.2, 0.25) is 0 Å². The standard InChI is InChI=1S/C29H21F3N4O4/c30-29(31,32)19-9-7-17(8-10-19)21-4-1-2-5-23(21)28(38)35-20-11-12-22-18(14-20)16-34-27(22)26(37)15-24-25(36(39)40)6-3-13-33-24/h1-14,27,34H,15-16H2,(H,35,38). The van der Waals surface area contributed by atoms with Crippen LogP contribution in [0.1, 0.15) is 38.8 Å². The SMILES string of the molecule is O=C(Nc1ccc2c(c1)CNC2C(=O)Cc1ncccc1[N+](=O)[O-])c1ccccc1-c1ccc(C(F)(F)F)cc1. The van der Waals surface area contributed by atoms with E-state index in [2.05, 4.69) is 15.6 Å². The first-order valence-corrected chi connectivity index (χ1v) is 12.2. The van der Waals surface area contributed by atoms with Crippen LogP contribution in [0, 0.1) is 10.1 Å². The van der Waals surface area contributed by atoms with Crippen molar-refractivity contribution in [3.63, 3.8) is 0 Å². The molecular weight excluding hydrogens is 525 g/mol. The molecule has 1 aromatic heterocycles. The number of fused-ring (bicyclic) bond motifs is 1. The number of ketones is 1. The molecule has 2 N–H and O–H groups in total. The number of nitrogens with zero attached hydrogens (tertiary/aromatic N) is 2. The number of carbonyl (C=O) groups excluding carboxylic acids is 2. The molecule has 2 heterocycles. The van der Waals surface area contributed by atoms with Crippen LogP contribution in [-0.2, 0) is 23.9 Å². The Labute approximate surface area is 226 Å². The fourth-order valence-electron chi connectivity index (χ4n) is 4.70. The van der Waals surface area contributed by atoms with Crippen molar-refractivity contribution in [3.05, 3.63) is 123 Å². The Balaban J connectivity index is 1.32. The van der Waals surface area contributed by atoms with Crippen molar-refractivity contribution in [2.45, 2.75) is 25.2 Å². The lowest BCUT2D eigenvalue weighted by atomic mass is 9.97. The van der Waals surface area contributed by atoms with Crippen molar-refractivity contribution in [1.29, 1.82) is 0 Å². The van der Waals surface area contributed by atoms with Crippen LogP contribution in [0.15, 0.2) is 85.1 Å². The molecule has 1 aliphatic rings. The number of nitrogens with one attached hydrogen (secondary N) is 2. The minimum atomic E-state index is -4.46. The van der Waals surface area contributed by atoms with Gasteiger partial charge in [0.05, 0.1) is 22.9 Å². The molecule has 8 nitrogen and oxygen atoms in total. The van der Waals surface area contributed by atoms with Crippen molar-refractivity contribution < 1.29 is 27.7 Å². The third kappa shape index (κ3) is 5.45. The van der Waals surface area contributed by atoms with Gasteiger partial charge in [0.25, 0.3) is 11.6 Å². The van der Waals surface area contributed by atoms with Crippen LogP contribution in [0.3, 0.4) is 0 Å². The summed E-state index contributed by atoms with van der Waals surface area (Å²) in [6, 6.07) is 18.4. The topological polar surface area (TPSA) is 114 Å². The molecule has 0 fully saturated rings. The third-order valence-corrected chi connectivity index (χ3v) is 6.63. The molecule has 4 aromatic rings. The number of hydrogen-bond donors (Lipinski definition) is 2. The maximum Gasteiger partial charge on any atom is 0.416 e. The molecular formula is C29H21F3N4O4. The number of alkyl halides is 3. The predicted octanol–water partition coefficient (Wildman–Crippen LogP) is 5.88. The molecule has 11 heteroatoms. The van der Waals surface area contributed by atoms with Gasteiger partial charge in [-0.3, -0.25) is 30.0 Å². The van der Waals surface area contributed by atoms with E-state index in [4.69, 9.17) is 0 Å². The molecule has 202 valence electrons. The van der Waals surface area contributed by atoms with Crippen molar-refractivity contribution in [3.8, 4) is 11.1 Å².